The van der Waals surface area contributed by atoms with Gasteiger partial charge >= 0.3 is 23.7 Å². The third kappa shape index (κ3) is 9.78. The quantitative estimate of drug-likeness (QED) is 0.329. The zero-order valence-electron chi connectivity index (χ0n) is 11.1. The normalized spacial score (nSPS) is 18.0. The Labute approximate surface area is 122 Å². The Morgan fingerprint density at radius 2 is 1.67 bits per heavy atom. The fourth-order valence-electron chi connectivity index (χ4n) is 1.05. The SMILES string of the molecule is NCCCP(=O)(OCCO)OP(=O)(OCCO)O[P+](=O)O. The summed E-state index contributed by atoms with van der Waals surface area (Å²) in [6.45, 7) is -1.85. The molecule has 0 aromatic rings. The van der Waals surface area contributed by atoms with Crippen molar-refractivity contribution in [2.45, 2.75) is 6.42 Å². The second kappa shape index (κ2) is 10.9. The predicted octanol–water partition coefficient (Wildman–Crippen LogP) is 0.337. The van der Waals surface area contributed by atoms with Gasteiger partial charge in [-0.3, -0.25) is 9.09 Å². The molecule has 0 aliphatic rings. The van der Waals surface area contributed by atoms with Gasteiger partial charge in [0.05, 0.1) is 32.6 Å². The smallest absolute Gasteiger partial charge is 0.394 e. The van der Waals surface area contributed by atoms with Crippen molar-refractivity contribution in [2.24, 2.45) is 5.73 Å². The molecule has 11 nitrogen and oxygen atoms in total. The van der Waals surface area contributed by atoms with E-state index in [-0.39, 0.29) is 25.7 Å². The summed E-state index contributed by atoms with van der Waals surface area (Å²) in [5, 5.41) is 17.3. The topological polar surface area (TPSA) is 175 Å². The van der Waals surface area contributed by atoms with Crippen molar-refractivity contribution in [3.8, 4) is 0 Å². The molecular formula is C7H19NO10P3+. The maximum absolute atomic E-state index is 12.3. The van der Waals surface area contributed by atoms with Crippen molar-refractivity contribution < 1.29 is 46.5 Å². The second-order valence-electron chi connectivity index (χ2n) is 3.44. The molecule has 3 atom stereocenters. The van der Waals surface area contributed by atoms with Gasteiger partial charge in [-0.1, -0.05) is 0 Å². The van der Waals surface area contributed by atoms with Crippen LogP contribution in [0.3, 0.4) is 0 Å². The fourth-order valence-corrected chi connectivity index (χ4v) is 5.59. The van der Waals surface area contributed by atoms with E-state index in [0.717, 1.165) is 0 Å². The minimum Gasteiger partial charge on any atom is -0.394 e. The molecule has 14 heteroatoms. The van der Waals surface area contributed by atoms with Crippen molar-refractivity contribution >= 4 is 23.7 Å². The summed E-state index contributed by atoms with van der Waals surface area (Å²) in [7, 11) is -12.1. The van der Waals surface area contributed by atoms with E-state index >= 15 is 0 Å². The molecule has 0 aromatic heterocycles. The molecular weight excluding hydrogens is 351 g/mol. The lowest BCUT2D eigenvalue weighted by atomic mass is 10.5. The predicted molar refractivity (Wildman–Crippen MR) is 71.8 cm³/mol. The lowest BCUT2D eigenvalue weighted by Gasteiger charge is -2.20. The Hall–Kier alpha value is 0.240. The van der Waals surface area contributed by atoms with Crippen LogP contribution in [-0.4, -0.2) is 54.2 Å². The van der Waals surface area contributed by atoms with E-state index in [0.29, 0.717) is 0 Å². The number of phosphoric acid groups is 1. The molecule has 21 heavy (non-hydrogen) atoms. The van der Waals surface area contributed by atoms with Crippen molar-refractivity contribution in [1.82, 2.24) is 0 Å². The Bertz CT molecular complexity index is 392. The second-order valence-corrected chi connectivity index (χ2v) is 8.30. The third-order valence-electron chi connectivity index (χ3n) is 1.75. The summed E-state index contributed by atoms with van der Waals surface area (Å²) >= 11 is 0. The summed E-state index contributed by atoms with van der Waals surface area (Å²) in [5.74, 6) is 0. The fraction of sp³-hybridized carbons (Fsp3) is 1.00. The van der Waals surface area contributed by atoms with Gasteiger partial charge in [0.15, 0.2) is 0 Å². The van der Waals surface area contributed by atoms with Crippen LogP contribution in [0.2, 0.25) is 0 Å². The summed E-state index contributed by atoms with van der Waals surface area (Å²) in [4.78, 5) is 8.64. The van der Waals surface area contributed by atoms with Crippen LogP contribution in [0.5, 0.6) is 0 Å². The first-order chi connectivity index (χ1) is 9.81. The van der Waals surface area contributed by atoms with E-state index < -0.39 is 43.5 Å². The first-order valence-electron chi connectivity index (χ1n) is 5.78. The highest BCUT2D eigenvalue weighted by molar-refractivity contribution is 7.67. The van der Waals surface area contributed by atoms with E-state index in [1.165, 1.54) is 0 Å². The van der Waals surface area contributed by atoms with Crippen LogP contribution >= 0.6 is 23.7 Å². The highest BCUT2D eigenvalue weighted by Crippen LogP contribution is 2.67. The van der Waals surface area contributed by atoms with Crippen LogP contribution in [0.25, 0.3) is 0 Å². The molecule has 0 bridgehead atoms. The van der Waals surface area contributed by atoms with E-state index in [2.05, 4.69) is 13.1 Å². The van der Waals surface area contributed by atoms with Crippen LogP contribution in [0.15, 0.2) is 0 Å². The number of nitrogens with two attached hydrogens (primary N) is 1. The first kappa shape index (κ1) is 21.2. The maximum Gasteiger partial charge on any atom is 0.705 e. The molecule has 0 amide bonds. The molecule has 0 fully saturated rings. The van der Waals surface area contributed by atoms with Gasteiger partial charge in [0, 0.05) is 4.57 Å². The Balaban J connectivity index is 5.04. The molecule has 0 saturated carbocycles. The van der Waals surface area contributed by atoms with Crippen molar-refractivity contribution in [2.75, 3.05) is 39.1 Å². The van der Waals surface area contributed by atoms with Gasteiger partial charge in [-0.15, -0.1) is 4.89 Å². The first-order valence-corrected chi connectivity index (χ1v) is 10.1. The van der Waals surface area contributed by atoms with Crippen LogP contribution in [-0.2, 0) is 31.4 Å². The van der Waals surface area contributed by atoms with Crippen LogP contribution in [0.4, 0.5) is 0 Å². The van der Waals surface area contributed by atoms with Gasteiger partial charge in [-0.05, 0) is 17.3 Å². The van der Waals surface area contributed by atoms with Crippen molar-refractivity contribution in [1.29, 1.82) is 0 Å². The van der Waals surface area contributed by atoms with Gasteiger partial charge in [0.1, 0.15) is 0 Å². The zero-order chi connectivity index (χ0) is 16.4. The molecule has 5 N–H and O–H groups in total. The zero-order valence-corrected chi connectivity index (χ0v) is 13.8. The highest BCUT2D eigenvalue weighted by Gasteiger charge is 2.45. The standard InChI is InChI=1S/C7H18NO10P3/c8-2-1-7-20(13,15-5-3-9)18-21(14,16-6-4-10)17-19(11)12/h9-10H,1-8H2/p+1. The Kier molecular flexibility index (Phi) is 11.0. The van der Waals surface area contributed by atoms with Gasteiger partial charge in [0.25, 0.3) is 0 Å². The lowest BCUT2D eigenvalue weighted by Crippen LogP contribution is -2.09. The molecule has 0 radical (unpaired) electrons. The number of aliphatic hydroxyl groups is 2. The molecule has 0 aromatic carbocycles. The molecule has 3 unspecified atom stereocenters. The molecule has 0 spiro atoms. The minimum absolute atomic E-state index is 0.132. The molecule has 126 valence electrons. The van der Waals surface area contributed by atoms with Crippen LogP contribution in [0.1, 0.15) is 6.42 Å². The van der Waals surface area contributed by atoms with Crippen LogP contribution < -0.4 is 5.73 Å². The summed E-state index contributed by atoms with van der Waals surface area (Å²) in [6, 6.07) is 0. The van der Waals surface area contributed by atoms with Crippen LogP contribution in [0, 0.1) is 0 Å². The van der Waals surface area contributed by atoms with Gasteiger partial charge < -0.3 is 20.5 Å². The lowest BCUT2D eigenvalue weighted by molar-refractivity contribution is 0.143. The van der Waals surface area contributed by atoms with Gasteiger partial charge in [-0.2, -0.15) is 0 Å². The van der Waals surface area contributed by atoms with E-state index in [9.17, 15) is 13.7 Å². The van der Waals surface area contributed by atoms with Gasteiger partial charge in [-0.25, -0.2) is 8.88 Å². The molecule has 0 rings (SSSR count). The number of aliphatic hydroxyl groups excluding tert-OH is 2. The highest BCUT2D eigenvalue weighted by atomic mass is 31.3. The molecule has 0 aliphatic heterocycles. The number of hydrogen-bond donors (Lipinski definition) is 4. The molecule has 0 saturated heterocycles. The van der Waals surface area contributed by atoms with E-state index in [4.69, 9.17) is 25.4 Å². The third-order valence-corrected chi connectivity index (χ3v) is 6.84. The molecule has 0 heterocycles. The van der Waals surface area contributed by atoms with E-state index in [1.807, 2.05) is 0 Å². The van der Waals surface area contributed by atoms with Crippen molar-refractivity contribution in [3.05, 3.63) is 0 Å². The largest absolute Gasteiger partial charge is 0.705 e. The monoisotopic (exact) mass is 370 g/mol. The Morgan fingerprint density at radius 1 is 1.10 bits per heavy atom. The maximum atomic E-state index is 12.3. The average Bonchev–Trinajstić information content (AvgIpc) is 2.40. The summed E-state index contributed by atoms with van der Waals surface area (Å²) in [6.07, 6.45) is -0.0878. The Morgan fingerprint density at radius 3 is 2.14 bits per heavy atom. The van der Waals surface area contributed by atoms with E-state index in [1.54, 1.807) is 0 Å². The number of rotatable bonds is 13. The van der Waals surface area contributed by atoms with Crippen molar-refractivity contribution in [3.63, 3.8) is 0 Å². The summed E-state index contributed by atoms with van der Waals surface area (Å²) in [5.41, 5.74) is 5.26. The van der Waals surface area contributed by atoms with Gasteiger partial charge in [0.2, 0.25) is 0 Å². The molecule has 0 aliphatic carbocycles. The minimum atomic E-state index is -4.70. The average molecular weight is 370 g/mol. The summed E-state index contributed by atoms with van der Waals surface area (Å²) < 4.78 is 53.1. The number of hydrogen-bond acceptors (Lipinski definition) is 10.